The molecule has 0 fully saturated rings. The molecule has 0 aliphatic rings. The van der Waals surface area contributed by atoms with Crippen molar-refractivity contribution in [2.24, 2.45) is 5.92 Å². The Balaban J connectivity index is 2.81. The van der Waals surface area contributed by atoms with Crippen LogP contribution in [0.15, 0.2) is 11.0 Å². The Bertz CT molecular complexity index is 460. The molecule has 1 aromatic rings. The van der Waals surface area contributed by atoms with Crippen molar-refractivity contribution in [3.63, 3.8) is 0 Å². The molecule has 0 radical (unpaired) electrons. The van der Waals surface area contributed by atoms with E-state index in [2.05, 4.69) is 31.2 Å². The van der Waals surface area contributed by atoms with Gasteiger partial charge in [-0.3, -0.25) is 4.79 Å². The maximum atomic E-state index is 12.0. The zero-order chi connectivity index (χ0) is 14.4. The molecular formula is C13H22ClN3O2. The van der Waals surface area contributed by atoms with Crippen LogP contribution in [0.4, 0.5) is 5.69 Å². The number of ether oxygens (including phenoxy) is 1. The lowest BCUT2D eigenvalue weighted by atomic mass is 10.1. The van der Waals surface area contributed by atoms with Crippen LogP contribution in [0.25, 0.3) is 0 Å². The number of hydrogen-bond acceptors (Lipinski definition) is 4. The van der Waals surface area contributed by atoms with Crippen LogP contribution in [-0.4, -0.2) is 29.5 Å². The zero-order valence-electron chi connectivity index (χ0n) is 11.9. The van der Waals surface area contributed by atoms with Crippen molar-refractivity contribution in [2.75, 3.05) is 19.0 Å². The lowest BCUT2D eigenvalue weighted by molar-refractivity contribution is 0.182. The quantitative estimate of drug-likeness (QED) is 0.837. The fraction of sp³-hybridized carbons (Fsp3) is 0.692. The molecule has 1 unspecified atom stereocenters. The third-order valence-electron chi connectivity index (χ3n) is 2.72. The van der Waals surface area contributed by atoms with E-state index in [9.17, 15) is 4.79 Å². The van der Waals surface area contributed by atoms with E-state index >= 15 is 0 Å². The average Bonchev–Trinajstić information content (AvgIpc) is 2.33. The third-order valence-corrected chi connectivity index (χ3v) is 3.08. The summed E-state index contributed by atoms with van der Waals surface area (Å²) in [5.41, 5.74) is 0.300. The van der Waals surface area contributed by atoms with E-state index in [1.807, 2.05) is 0 Å². The number of hydrogen-bond donors (Lipinski definition) is 1. The van der Waals surface area contributed by atoms with Gasteiger partial charge in [-0.1, -0.05) is 25.4 Å². The third kappa shape index (κ3) is 4.84. The first-order valence-electron chi connectivity index (χ1n) is 6.46. The first-order valence-corrected chi connectivity index (χ1v) is 6.84. The first-order chi connectivity index (χ1) is 8.95. The van der Waals surface area contributed by atoms with Crippen LogP contribution in [0.3, 0.4) is 0 Å². The largest absolute Gasteiger partial charge is 0.383 e. The molecule has 1 atom stereocenters. The topological polar surface area (TPSA) is 56.1 Å². The summed E-state index contributed by atoms with van der Waals surface area (Å²) in [4.78, 5) is 12.0. The number of nitrogens with one attached hydrogen (secondary N) is 1. The Morgan fingerprint density at radius 2 is 2.16 bits per heavy atom. The molecule has 0 bridgehead atoms. The Hall–Kier alpha value is -1.07. The smallest absolute Gasteiger partial charge is 0.287 e. The summed E-state index contributed by atoms with van der Waals surface area (Å²) in [6.45, 7) is 7.20. The summed E-state index contributed by atoms with van der Waals surface area (Å²) in [7, 11) is 1.58. The summed E-state index contributed by atoms with van der Waals surface area (Å²) in [6, 6.07) is 0.244. The van der Waals surface area contributed by atoms with Gasteiger partial charge in [0, 0.05) is 13.2 Å². The van der Waals surface area contributed by atoms with Gasteiger partial charge >= 0.3 is 0 Å². The Morgan fingerprint density at radius 1 is 1.47 bits per heavy atom. The molecule has 0 amide bonds. The maximum Gasteiger partial charge on any atom is 0.287 e. The van der Waals surface area contributed by atoms with Crippen LogP contribution in [0, 0.1) is 5.92 Å². The van der Waals surface area contributed by atoms with E-state index in [4.69, 9.17) is 16.3 Å². The number of anilines is 1. The van der Waals surface area contributed by atoms with Crippen LogP contribution >= 0.6 is 11.6 Å². The molecule has 19 heavy (non-hydrogen) atoms. The van der Waals surface area contributed by atoms with Crippen molar-refractivity contribution in [3.05, 3.63) is 21.6 Å². The first kappa shape index (κ1) is 16.0. The second-order valence-electron chi connectivity index (χ2n) is 5.07. The minimum absolute atomic E-state index is 0.182. The van der Waals surface area contributed by atoms with E-state index in [1.165, 1.54) is 4.68 Å². The van der Waals surface area contributed by atoms with Gasteiger partial charge in [-0.05, 0) is 19.3 Å². The predicted octanol–water partition coefficient (Wildman–Crippen LogP) is 2.39. The van der Waals surface area contributed by atoms with Gasteiger partial charge in [0.15, 0.2) is 0 Å². The summed E-state index contributed by atoms with van der Waals surface area (Å²) >= 11 is 6.08. The zero-order valence-corrected chi connectivity index (χ0v) is 12.7. The van der Waals surface area contributed by atoms with Gasteiger partial charge < -0.3 is 10.1 Å². The molecule has 1 aromatic heterocycles. The number of methoxy groups -OCH3 is 1. The van der Waals surface area contributed by atoms with Crippen LogP contribution in [0.1, 0.15) is 27.2 Å². The van der Waals surface area contributed by atoms with Gasteiger partial charge in [-0.15, -0.1) is 0 Å². The van der Waals surface area contributed by atoms with Gasteiger partial charge in [-0.2, -0.15) is 5.10 Å². The normalized spacial score (nSPS) is 12.7. The highest BCUT2D eigenvalue weighted by atomic mass is 35.5. The maximum absolute atomic E-state index is 12.0. The molecule has 0 aliphatic heterocycles. The molecule has 0 aliphatic carbocycles. The van der Waals surface area contributed by atoms with Gasteiger partial charge in [-0.25, -0.2) is 4.68 Å². The van der Waals surface area contributed by atoms with Crippen molar-refractivity contribution in [1.29, 1.82) is 0 Å². The lowest BCUT2D eigenvalue weighted by Gasteiger charge is -2.18. The monoisotopic (exact) mass is 287 g/mol. The molecule has 1 heterocycles. The number of halogens is 1. The lowest BCUT2D eigenvalue weighted by Crippen LogP contribution is -2.27. The fourth-order valence-corrected chi connectivity index (χ4v) is 2.14. The second kappa shape index (κ2) is 7.50. The van der Waals surface area contributed by atoms with Crippen molar-refractivity contribution in [1.82, 2.24) is 9.78 Å². The highest BCUT2D eigenvalue weighted by Gasteiger charge is 2.12. The number of rotatable bonds is 7. The number of nitrogens with zero attached hydrogens (tertiary/aromatic N) is 2. The molecule has 1 N–H and O–H groups in total. The van der Waals surface area contributed by atoms with E-state index in [1.54, 1.807) is 13.3 Å². The Morgan fingerprint density at radius 3 is 2.74 bits per heavy atom. The minimum atomic E-state index is -0.291. The Kier molecular flexibility index (Phi) is 6.31. The van der Waals surface area contributed by atoms with E-state index in [0.29, 0.717) is 24.8 Å². The van der Waals surface area contributed by atoms with Gasteiger partial charge in [0.25, 0.3) is 5.56 Å². The van der Waals surface area contributed by atoms with Crippen LogP contribution in [0.5, 0.6) is 0 Å². The highest BCUT2D eigenvalue weighted by molar-refractivity contribution is 6.32. The standard InChI is InChI=1S/C13H22ClN3O2/c1-9(2)7-10(3)16-11-8-15-17(5-6-19-4)13(18)12(11)14/h8-10,16H,5-7H2,1-4H3. The number of aromatic nitrogens is 2. The SMILES string of the molecule is COCCn1ncc(NC(C)CC(C)C)c(Cl)c1=O. The molecule has 0 spiro atoms. The summed E-state index contributed by atoms with van der Waals surface area (Å²) in [6.07, 6.45) is 2.60. The predicted molar refractivity (Wildman–Crippen MR) is 77.9 cm³/mol. The molecule has 0 saturated heterocycles. The van der Waals surface area contributed by atoms with Gasteiger partial charge in [0.05, 0.1) is 25.0 Å². The summed E-state index contributed by atoms with van der Waals surface area (Å²) in [5, 5.41) is 7.49. The highest BCUT2D eigenvalue weighted by Crippen LogP contribution is 2.18. The molecule has 0 saturated carbocycles. The van der Waals surface area contributed by atoms with E-state index in [-0.39, 0.29) is 16.6 Å². The second-order valence-corrected chi connectivity index (χ2v) is 5.45. The van der Waals surface area contributed by atoms with Gasteiger partial charge in [0.2, 0.25) is 0 Å². The van der Waals surface area contributed by atoms with Crippen molar-refractivity contribution in [3.8, 4) is 0 Å². The molecular weight excluding hydrogens is 266 g/mol. The fourth-order valence-electron chi connectivity index (χ4n) is 1.93. The van der Waals surface area contributed by atoms with Crippen LogP contribution < -0.4 is 10.9 Å². The molecule has 108 valence electrons. The Labute approximate surface area is 118 Å². The van der Waals surface area contributed by atoms with Crippen LogP contribution in [0.2, 0.25) is 5.02 Å². The molecule has 0 aromatic carbocycles. The average molecular weight is 288 g/mol. The minimum Gasteiger partial charge on any atom is -0.383 e. The van der Waals surface area contributed by atoms with E-state index < -0.39 is 0 Å². The molecule has 1 rings (SSSR count). The van der Waals surface area contributed by atoms with E-state index in [0.717, 1.165) is 6.42 Å². The van der Waals surface area contributed by atoms with Crippen molar-refractivity contribution < 1.29 is 4.74 Å². The molecule has 5 nitrogen and oxygen atoms in total. The van der Waals surface area contributed by atoms with Gasteiger partial charge in [0.1, 0.15) is 5.02 Å². The van der Waals surface area contributed by atoms with Crippen molar-refractivity contribution in [2.45, 2.75) is 39.8 Å². The summed E-state index contributed by atoms with van der Waals surface area (Å²) < 4.78 is 6.23. The van der Waals surface area contributed by atoms with Crippen LogP contribution in [-0.2, 0) is 11.3 Å². The van der Waals surface area contributed by atoms with Crippen molar-refractivity contribution >= 4 is 17.3 Å². The summed E-state index contributed by atoms with van der Waals surface area (Å²) in [5.74, 6) is 0.580. The molecule has 6 heteroatoms.